The van der Waals surface area contributed by atoms with Crippen molar-refractivity contribution in [2.75, 3.05) is 11.9 Å². The monoisotopic (exact) mass is 271 g/mol. The Bertz CT molecular complexity index is 612. The minimum Gasteiger partial charge on any atom is -0.370 e. The molecule has 0 amide bonds. The van der Waals surface area contributed by atoms with E-state index in [1.165, 1.54) is 11.1 Å². The number of anilines is 1. The van der Waals surface area contributed by atoms with E-state index in [4.69, 9.17) is 5.73 Å². The van der Waals surface area contributed by atoms with Gasteiger partial charge in [0, 0.05) is 37.6 Å². The minimum atomic E-state index is 0.440. The van der Waals surface area contributed by atoms with Gasteiger partial charge in [-0.2, -0.15) is 5.10 Å². The maximum atomic E-state index is 5.89. The minimum absolute atomic E-state index is 0.440. The number of nitrogens with one attached hydrogen (secondary N) is 1. The van der Waals surface area contributed by atoms with Crippen molar-refractivity contribution in [3.63, 3.8) is 0 Å². The molecular formula is C15H21N5. The Balaban J connectivity index is 1.90. The lowest BCUT2D eigenvalue weighted by atomic mass is 10.1. The number of hydrogen-bond acceptors (Lipinski definition) is 2. The van der Waals surface area contributed by atoms with Gasteiger partial charge in [0.1, 0.15) is 0 Å². The Morgan fingerprint density at radius 1 is 1.30 bits per heavy atom. The van der Waals surface area contributed by atoms with E-state index in [9.17, 15) is 0 Å². The maximum Gasteiger partial charge on any atom is 0.193 e. The van der Waals surface area contributed by atoms with E-state index in [1.807, 2.05) is 23.9 Å². The number of guanidine groups is 1. The summed E-state index contributed by atoms with van der Waals surface area (Å²) in [6, 6.07) is 8.13. The van der Waals surface area contributed by atoms with Crippen LogP contribution in [0.15, 0.2) is 35.5 Å². The van der Waals surface area contributed by atoms with Crippen molar-refractivity contribution in [1.82, 2.24) is 9.78 Å². The van der Waals surface area contributed by atoms with Crippen LogP contribution in [-0.4, -0.2) is 22.3 Å². The third-order valence-corrected chi connectivity index (χ3v) is 3.35. The topological polar surface area (TPSA) is 68.2 Å². The molecule has 1 heterocycles. The van der Waals surface area contributed by atoms with Crippen molar-refractivity contribution in [2.24, 2.45) is 17.8 Å². The maximum absolute atomic E-state index is 5.89. The number of aryl methyl sites for hydroxylation is 3. The molecule has 0 aliphatic heterocycles. The molecule has 1 aromatic carbocycles. The zero-order valence-electron chi connectivity index (χ0n) is 12.2. The van der Waals surface area contributed by atoms with Crippen LogP contribution in [0.4, 0.5) is 5.69 Å². The number of aliphatic imine (C=N–C) groups is 1. The van der Waals surface area contributed by atoms with Gasteiger partial charge in [0.25, 0.3) is 0 Å². The first-order valence-corrected chi connectivity index (χ1v) is 6.67. The van der Waals surface area contributed by atoms with Gasteiger partial charge in [0.15, 0.2) is 5.96 Å². The van der Waals surface area contributed by atoms with Gasteiger partial charge in [0.2, 0.25) is 0 Å². The normalized spacial score (nSPS) is 11.7. The summed E-state index contributed by atoms with van der Waals surface area (Å²) in [5.74, 6) is 0.440. The fourth-order valence-electron chi connectivity index (χ4n) is 1.94. The van der Waals surface area contributed by atoms with Gasteiger partial charge in [-0.25, -0.2) is 0 Å². The number of rotatable bonds is 4. The molecule has 5 heteroatoms. The van der Waals surface area contributed by atoms with Gasteiger partial charge in [-0.3, -0.25) is 9.67 Å². The molecule has 2 aromatic rings. The van der Waals surface area contributed by atoms with Crippen LogP contribution in [0.5, 0.6) is 0 Å². The second-order valence-electron chi connectivity index (χ2n) is 4.89. The van der Waals surface area contributed by atoms with E-state index in [-0.39, 0.29) is 0 Å². The first-order chi connectivity index (χ1) is 9.56. The summed E-state index contributed by atoms with van der Waals surface area (Å²) in [5.41, 5.74) is 10.5. The third-order valence-electron chi connectivity index (χ3n) is 3.35. The summed E-state index contributed by atoms with van der Waals surface area (Å²) in [4.78, 5) is 4.33. The van der Waals surface area contributed by atoms with Crippen LogP contribution in [0.3, 0.4) is 0 Å². The van der Waals surface area contributed by atoms with Crippen molar-refractivity contribution in [3.05, 3.63) is 47.3 Å². The van der Waals surface area contributed by atoms with Gasteiger partial charge in [0.05, 0.1) is 0 Å². The summed E-state index contributed by atoms with van der Waals surface area (Å²) in [7, 11) is 1.93. The van der Waals surface area contributed by atoms with E-state index < -0.39 is 0 Å². The predicted molar refractivity (Wildman–Crippen MR) is 82.9 cm³/mol. The van der Waals surface area contributed by atoms with Crippen LogP contribution in [0, 0.1) is 13.8 Å². The van der Waals surface area contributed by atoms with Gasteiger partial charge in [-0.1, -0.05) is 6.07 Å². The second kappa shape index (κ2) is 6.23. The van der Waals surface area contributed by atoms with Crippen molar-refractivity contribution in [1.29, 1.82) is 0 Å². The Hall–Kier alpha value is -2.30. The molecule has 0 fully saturated rings. The van der Waals surface area contributed by atoms with Crippen LogP contribution in [0.25, 0.3) is 0 Å². The number of nitrogens with zero attached hydrogens (tertiary/aromatic N) is 3. The van der Waals surface area contributed by atoms with Crippen molar-refractivity contribution < 1.29 is 0 Å². The summed E-state index contributed by atoms with van der Waals surface area (Å²) < 4.78 is 1.85. The van der Waals surface area contributed by atoms with Gasteiger partial charge in [-0.05, 0) is 43.2 Å². The van der Waals surface area contributed by atoms with Crippen molar-refractivity contribution in [2.45, 2.75) is 20.3 Å². The molecule has 0 aliphatic rings. The molecule has 20 heavy (non-hydrogen) atoms. The fraction of sp³-hybridized carbons (Fsp3) is 0.333. The molecule has 0 saturated carbocycles. The van der Waals surface area contributed by atoms with Crippen molar-refractivity contribution >= 4 is 11.6 Å². The highest BCUT2D eigenvalue weighted by Gasteiger charge is 1.99. The summed E-state index contributed by atoms with van der Waals surface area (Å²) in [6.45, 7) is 4.81. The van der Waals surface area contributed by atoms with Crippen LogP contribution >= 0.6 is 0 Å². The molecule has 0 saturated heterocycles. The van der Waals surface area contributed by atoms with Crippen LogP contribution in [-0.2, 0) is 13.5 Å². The Labute approximate surface area is 119 Å². The van der Waals surface area contributed by atoms with E-state index in [2.05, 4.69) is 41.4 Å². The first kappa shape index (κ1) is 14.1. The van der Waals surface area contributed by atoms with E-state index in [0.29, 0.717) is 12.5 Å². The lowest BCUT2D eigenvalue weighted by Gasteiger charge is -2.08. The number of hydrogen-bond donors (Lipinski definition) is 2. The van der Waals surface area contributed by atoms with Crippen LogP contribution in [0.1, 0.15) is 16.8 Å². The quantitative estimate of drug-likeness (QED) is 0.660. The molecule has 106 valence electrons. The van der Waals surface area contributed by atoms with Gasteiger partial charge < -0.3 is 11.1 Å². The highest BCUT2D eigenvalue weighted by molar-refractivity contribution is 5.92. The van der Waals surface area contributed by atoms with E-state index in [1.54, 1.807) is 6.20 Å². The molecule has 5 nitrogen and oxygen atoms in total. The van der Waals surface area contributed by atoms with Crippen LogP contribution in [0.2, 0.25) is 0 Å². The lowest BCUT2D eigenvalue weighted by Crippen LogP contribution is -2.23. The Morgan fingerprint density at radius 2 is 2.10 bits per heavy atom. The number of aromatic nitrogens is 2. The van der Waals surface area contributed by atoms with Crippen LogP contribution < -0.4 is 11.1 Å². The first-order valence-electron chi connectivity index (χ1n) is 6.67. The average Bonchev–Trinajstić information content (AvgIpc) is 2.80. The Morgan fingerprint density at radius 3 is 2.75 bits per heavy atom. The molecule has 0 radical (unpaired) electrons. The average molecular weight is 271 g/mol. The van der Waals surface area contributed by atoms with Crippen molar-refractivity contribution in [3.8, 4) is 0 Å². The molecule has 0 spiro atoms. The van der Waals surface area contributed by atoms with E-state index >= 15 is 0 Å². The Kier molecular flexibility index (Phi) is 4.40. The molecule has 1 aromatic heterocycles. The highest BCUT2D eigenvalue weighted by Crippen LogP contribution is 2.13. The fourth-order valence-corrected chi connectivity index (χ4v) is 1.94. The molecule has 0 bridgehead atoms. The predicted octanol–water partition coefficient (Wildman–Crippen LogP) is 2.01. The van der Waals surface area contributed by atoms with Gasteiger partial charge >= 0.3 is 0 Å². The third kappa shape index (κ3) is 3.60. The zero-order valence-corrected chi connectivity index (χ0v) is 12.2. The summed E-state index contributed by atoms with van der Waals surface area (Å²) >= 11 is 0. The van der Waals surface area contributed by atoms with Gasteiger partial charge in [-0.15, -0.1) is 0 Å². The zero-order chi connectivity index (χ0) is 14.5. The second-order valence-corrected chi connectivity index (χ2v) is 4.89. The standard InChI is InChI=1S/C15H21N5/c1-11-4-5-13(10-12(11)2)19-15(16)17-8-6-14-7-9-18-20(14)3/h4-5,7,9-10H,6,8H2,1-3H3,(H3,16,17,19). The largest absolute Gasteiger partial charge is 0.370 e. The smallest absolute Gasteiger partial charge is 0.193 e. The molecular weight excluding hydrogens is 250 g/mol. The molecule has 2 rings (SSSR count). The SMILES string of the molecule is Cc1ccc(NC(N)=NCCc2ccnn2C)cc1C. The molecule has 0 atom stereocenters. The molecule has 0 unspecified atom stereocenters. The van der Waals surface area contributed by atoms with E-state index in [0.717, 1.165) is 17.8 Å². The molecule has 3 N–H and O–H groups in total. The summed E-state index contributed by atoms with van der Waals surface area (Å²) in [5, 5.41) is 7.23. The number of nitrogens with two attached hydrogens (primary N) is 1. The lowest BCUT2D eigenvalue weighted by molar-refractivity contribution is 0.706. The highest BCUT2D eigenvalue weighted by atomic mass is 15.3. The number of benzene rings is 1. The molecule has 0 aliphatic carbocycles. The summed E-state index contributed by atoms with van der Waals surface area (Å²) in [6.07, 6.45) is 2.61.